The van der Waals surface area contributed by atoms with Gasteiger partial charge in [0.2, 0.25) is 0 Å². The molecule has 0 fully saturated rings. The van der Waals surface area contributed by atoms with Gasteiger partial charge in [0.25, 0.3) is 0 Å². The lowest BCUT2D eigenvalue weighted by Gasteiger charge is -2.08. The number of Topliss-reactive ketones (excluding diaryl/α,β-unsaturated/α-hetero) is 1. The van der Waals surface area contributed by atoms with Gasteiger partial charge >= 0.3 is 0 Å². The normalized spacial score (nSPS) is 12.4. The second-order valence-corrected chi connectivity index (χ2v) is 5.08. The lowest BCUT2D eigenvalue weighted by atomic mass is 10.0. The first kappa shape index (κ1) is 15.9. The van der Waals surface area contributed by atoms with Gasteiger partial charge in [-0.05, 0) is 18.4 Å². The van der Waals surface area contributed by atoms with E-state index in [-0.39, 0.29) is 18.4 Å². The molecule has 0 amide bonds. The van der Waals surface area contributed by atoms with E-state index in [4.69, 9.17) is 10.8 Å². The topological polar surface area (TPSA) is 63.3 Å². The monoisotopic (exact) mass is 263 g/mol. The van der Waals surface area contributed by atoms with Gasteiger partial charge in [-0.1, -0.05) is 50.5 Å². The van der Waals surface area contributed by atoms with E-state index in [0.717, 1.165) is 24.0 Å². The molecule has 1 aromatic carbocycles. The number of aliphatic hydroxyl groups excluding tert-OH is 1. The quantitative estimate of drug-likeness (QED) is 0.532. The van der Waals surface area contributed by atoms with Crippen molar-refractivity contribution in [3.63, 3.8) is 0 Å². The molecule has 0 aromatic heterocycles. The molecule has 0 aliphatic carbocycles. The number of ketones is 1. The molecule has 0 saturated carbocycles. The number of hydrogen-bond donors (Lipinski definition) is 2. The van der Waals surface area contributed by atoms with Crippen LogP contribution in [0.5, 0.6) is 0 Å². The molecule has 0 spiro atoms. The summed E-state index contributed by atoms with van der Waals surface area (Å²) in [6, 6.07) is 7.35. The van der Waals surface area contributed by atoms with E-state index in [2.05, 4.69) is 6.92 Å². The van der Waals surface area contributed by atoms with Gasteiger partial charge in [-0.2, -0.15) is 0 Å². The van der Waals surface area contributed by atoms with Crippen LogP contribution < -0.4 is 5.73 Å². The van der Waals surface area contributed by atoms with E-state index in [1.54, 1.807) is 0 Å². The van der Waals surface area contributed by atoms with Crippen LogP contribution in [0.1, 0.15) is 54.9 Å². The Balaban J connectivity index is 2.44. The smallest absolute Gasteiger partial charge is 0.162 e. The largest absolute Gasteiger partial charge is 0.395 e. The van der Waals surface area contributed by atoms with Crippen molar-refractivity contribution in [2.75, 3.05) is 6.61 Å². The highest BCUT2D eigenvalue weighted by molar-refractivity contribution is 5.96. The molecule has 0 radical (unpaired) electrons. The lowest BCUT2D eigenvalue weighted by Crippen LogP contribution is -2.26. The minimum atomic E-state index is -0.226. The molecule has 19 heavy (non-hydrogen) atoms. The molecule has 0 unspecified atom stereocenters. The maximum atomic E-state index is 11.9. The van der Waals surface area contributed by atoms with Crippen molar-refractivity contribution in [1.29, 1.82) is 0 Å². The highest BCUT2D eigenvalue weighted by Crippen LogP contribution is 2.11. The van der Waals surface area contributed by atoms with Crippen LogP contribution >= 0.6 is 0 Å². The van der Waals surface area contributed by atoms with Crippen molar-refractivity contribution in [2.24, 2.45) is 5.73 Å². The Labute approximate surface area is 115 Å². The van der Waals surface area contributed by atoms with Gasteiger partial charge in [0, 0.05) is 18.0 Å². The molecule has 0 saturated heterocycles. The predicted octanol–water partition coefficient (Wildman–Crippen LogP) is 2.70. The van der Waals surface area contributed by atoms with Crippen LogP contribution in [0.25, 0.3) is 0 Å². The second-order valence-electron chi connectivity index (χ2n) is 5.08. The predicted molar refractivity (Wildman–Crippen MR) is 78.3 cm³/mol. The fourth-order valence-electron chi connectivity index (χ4n) is 2.05. The molecule has 106 valence electrons. The Bertz CT molecular complexity index is 373. The summed E-state index contributed by atoms with van der Waals surface area (Å²) in [6.07, 6.45) is 5.77. The highest BCUT2D eigenvalue weighted by Gasteiger charge is 2.07. The highest BCUT2D eigenvalue weighted by atomic mass is 16.3. The summed E-state index contributed by atoms with van der Waals surface area (Å²) in [7, 11) is 0. The molecule has 0 aliphatic heterocycles. The average molecular weight is 263 g/mol. The summed E-state index contributed by atoms with van der Waals surface area (Å²) in [4.78, 5) is 11.9. The fraction of sp³-hybridized carbons (Fsp3) is 0.562. The van der Waals surface area contributed by atoms with Gasteiger partial charge in [-0.25, -0.2) is 0 Å². The van der Waals surface area contributed by atoms with Gasteiger partial charge < -0.3 is 10.8 Å². The molecule has 3 N–H and O–H groups in total. The van der Waals surface area contributed by atoms with E-state index in [9.17, 15) is 4.79 Å². The number of nitrogens with two attached hydrogens (primary N) is 1. The molecule has 1 atom stereocenters. The Hall–Kier alpha value is -1.19. The number of carbonyl (C=O) groups excluding carboxylic acids is 1. The van der Waals surface area contributed by atoms with Gasteiger partial charge in [0.05, 0.1) is 6.61 Å². The number of hydrogen-bond acceptors (Lipinski definition) is 3. The van der Waals surface area contributed by atoms with Crippen LogP contribution in [0.3, 0.4) is 0 Å². The van der Waals surface area contributed by atoms with E-state index in [0.29, 0.717) is 12.8 Å². The zero-order valence-electron chi connectivity index (χ0n) is 11.8. The van der Waals surface area contributed by atoms with Crippen molar-refractivity contribution >= 4 is 5.78 Å². The maximum Gasteiger partial charge on any atom is 0.162 e. The van der Waals surface area contributed by atoms with Gasteiger partial charge in [0.15, 0.2) is 5.78 Å². The Morgan fingerprint density at radius 3 is 2.47 bits per heavy atom. The summed E-state index contributed by atoms with van der Waals surface area (Å²) < 4.78 is 0. The third-order valence-electron chi connectivity index (χ3n) is 3.27. The second kappa shape index (κ2) is 8.83. The van der Waals surface area contributed by atoms with Crippen LogP contribution in [0.15, 0.2) is 24.3 Å². The Kier molecular flexibility index (Phi) is 7.38. The van der Waals surface area contributed by atoms with Crippen LogP contribution in [-0.4, -0.2) is 23.5 Å². The number of carbonyl (C=O) groups is 1. The summed E-state index contributed by atoms with van der Waals surface area (Å²) in [6.45, 7) is 2.15. The van der Waals surface area contributed by atoms with E-state index < -0.39 is 0 Å². The fourth-order valence-corrected chi connectivity index (χ4v) is 2.05. The molecule has 3 heteroatoms. The Morgan fingerprint density at radius 1 is 1.21 bits per heavy atom. The number of aliphatic hydroxyl groups is 1. The van der Waals surface area contributed by atoms with Crippen molar-refractivity contribution in [2.45, 2.75) is 51.5 Å². The first-order valence-corrected chi connectivity index (χ1v) is 7.16. The average Bonchev–Trinajstić information content (AvgIpc) is 2.44. The molecule has 3 nitrogen and oxygen atoms in total. The molecular weight excluding hydrogens is 238 g/mol. The first-order valence-electron chi connectivity index (χ1n) is 7.16. The number of unbranched alkanes of at least 4 members (excludes halogenated alkanes) is 3. The van der Waals surface area contributed by atoms with E-state index >= 15 is 0 Å². The van der Waals surface area contributed by atoms with Crippen LogP contribution in [0.4, 0.5) is 0 Å². The summed E-state index contributed by atoms with van der Waals surface area (Å²) in [5.41, 5.74) is 7.52. The summed E-state index contributed by atoms with van der Waals surface area (Å²) in [5.74, 6) is 0.217. The molecule has 1 aromatic rings. The number of benzene rings is 1. The molecule has 0 bridgehead atoms. The summed E-state index contributed by atoms with van der Waals surface area (Å²) >= 11 is 0. The van der Waals surface area contributed by atoms with Gasteiger partial charge in [0.1, 0.15) is 0 Å². The van der Waals surface area contributed by atoms with E-state index in [1.165, 1.54) is 12.8 Å². The third kappa shape index (κ3) is 5.99. The van der Waals surface area contributed by atoms with Crippen LogP contribution in [0, 0.1) is 0 Å². The van der Waals surface area contributed by atoms with Crippen molar-refractivity contribution in [3.8, 4) is 0 Å². The standard InChI is InChI=1S/C16H25NO2/c1-2-3-4-5-6-16(19)14-9-7-13(8-10-14)11-15(17)12-18/h7-10,15,18H,2-6,11-12,17H2,1H3/t15-/m0/s1. The summed E-state index contributed by atoms with van der Waals surface area (Å²) in [5, 5.41) is 8.90. The molecule has 0 heterocycles. The minimum Gasteiger partial charge on any atom is -0.395 e. The SMILES string of the molecule is CCCCCCC(=O)c1ccc(C[C@H](N)CO)cc1. The van der Waals surface area contributed by atoms with Crippen molar-refractivity contribution in [1.82, 2.24) is 0 Å². The van der Waals surface area contributed by atoms with E-state index in [1.807, 2.05) is 24.3 Å². The lowest BCUT2D eigenvalue weighted by molar-refractivity contribution is 0.0979. The van der Waals surface area contributed by atoms with Gasteiger partial charge in [-0.15, -0.1) is 0 Å². The zero-order valence-corrected chi connectivity index (χ0v) is 11.8. The first-order chi connectivity index (χ1) is 9.17. The van der Waals surface area contributed by atoms with Crippen molar-refractivity contribution in [3.05, 3.63) is 35.4 Å². The third-order valence-corrected chi connectivity index (χ3v) is 3.27. The maximum absolute atomic E-state index is 11.9. The molecule has 1 rings (SSSR count). The Morgan fingerprint density at radius 2 is 1.89 bits per heavy atom. The van der Waals surface area contributed by atoms with Gasteiger partial charge in [-0.3, -0.25) is 4.79 Å². The zero-order chi connectivity index (χ0) is 14.1. The molecule has 0 aliphatic rings. The minimum absolute atomic E-state index is 0.0158. The van der Waals surface area contributed by atoms with Crippen LogP contribution in [0.2, 0.25) is 0 Å². The molecular formula is C16H25NO2. The van der Waals surface area contributed by atoms with Crippen molar-refractivity contribution < 1.29 is 9.90 Å². The van der Waals surface area contributed by atoms with Crippen LogP contribution in [-0.2, 0) is 6.42 Å². The number of rotatable bonds is 9.